The Morgan fingerprint density at radius 2 is 1.07 bits per heavy atom. The van der Waals surface area contributed by atoms with E-state index in [1.807, 2.05) is 12.2 Å². The second kappa shape index (κ2) is 34.9. The highest BCUT2D eigenvalue weighted by Crippen LogP contribution is 2.22. The Morgan fingerprint density at radius 1 is 0.574 bits per heavy atom. The largest absolute Gasteiger partial charge is 0.462 e. The average molecular weight is 763 g/mol. The number of aliphatic hydroxyl groups excluding tert-OH is 4. The number of allylic oxidation sites excluding steroid dienone is 10. The Kier molecular flexibility index (Phi) is 31.9. The number of hydrogen-bond acceptors (Lipinski definition) is 10. The lowest BCUT2D eigenvalue weighted by Crippen LogP contribution is -2.59. The van der Waals surface area contributed by atoms with Gasteiger partial charge in [0.15, 0.2) is 12.4 Å². The molecule has 4 N–H and O–H groups in total. The minimum absolute atomic E-state index is 0.105. The first kappa shape index (κ1) is 49.4. The quantitative estimate of drug-likeness (QED) is 0.0292. The third-order valence-electron chi connectivity index (χ3n) is 9.17. The average Bonchev–Trinajstić information content (AvgIpc) is 3.17. The van der Waals surface area contributed by atoms with Gasteiger partial charge in [-0.05, 0) is 51.4 Å². The van der Waals surface area contributed by atoms with E-state index in [1.54, 1.807) is 0 Å². The Hall–Kier alpha value is -2.60. The van der Waals surface area contributed by atoms with Crippen molar-refractivity contribution in [2.75, 3.05) is 19.8 Å². The SMILES string of the molecule is CCCCC/C=C/C/C=C/C/C=C/C/C=C/C/C=C/CCC(=O)O[C@H](COC(=O)CCCCCCCCCCCC)CO[C@@H]1O[C@H](CO)[C@H](O)C(O)C1O. The molecule has 1 saturated heterocycles. The predicted octanol–water partition coefficient (Wildman–Crippen LogP) is 8.27. The van der Waals surface area contributed by atoms with E-state index in [4.69, 9.17) is 18.9 Å². The smallest absolute Gasteiger partial charge is 0.306 e. The molecular formula is C44H74O10. The van der Waals surface area contributed by atoms with E-state index in [1.165, 1.54) is 64.2 Å². The predicted molar refractivity (Wildman–Crippen MR) is 215 cm³/mol. The fourth-order valence-corrected chi connectivity index (χ4v) is 5.82. The number of hydrogen-bond donors (Lipinski definition) is 4. The van der Waals surface area contributed by atoms with Gasteiger partial charge in [-0.2, -0.15) is 0 Å². The highest BCUT2D eigenvalue weighted by atomic mass is 16.7. The number of rotatable bonds is 33. The van der Waals surface area contributed by atoms with E-state index in [0.29, 0.717) is 12.8 Å². The van der Waals surface area contributed by atoms with E-state index < -0.39 is 55.4 Å². The number of unbranched alkanes of at least 4 members (excludes halogenated alkanes) is 12. The van der Waals surface area contributed by atoms with Crippen LogP contribution in [0.15, 0.2) is 60.8 Å². The molecule has 1 fully saturated rings. The maximum atomic E-state index is 12.7. The van der Waals surface area contributed by atoms with Crippen LogP contribution in [-0.4, -0.2) is 89.0 Å². The highest BCUT2D eigenvalue weighted by Gasteiger charge is 2.44. The summed E-state index contributed by atoms with van der Waals surface area (Å²) in [5, 5.41) is 39.9. The van der Waals surface area contributed by atoms with Crippen molar-refractivity contribution < 1.29 is 49.0 Å². The molecule has 0 aromatic heterocycles. The number of ether oxygens (including phenoxy) is 4. The van der Waals surface area contributed by atoms with Gasteiger partial charge < -0.3 is 39.4 Å². The van der Waals surface area contributed by atoms with Crippen LogP contribution >= 0.6 is 0 Å². The molecule has 0 radical (unpaired) electrons. The van der Waals surface area contributed by atoms with Crippen LogP contribution in [0.25, 0.3) is 0 Å². The van der Waals surface area contributed by atoms with Gasteiger partial charge >= 0.3 is 11.9 Å². The van der Waals surface area contributed by atoms with Crippen LogP contribution in [0.5, 0.6) is 0 Å². The van der Waals surface area contributed by atoms with Crippen molar-refractivity contribution in [1.82, 2.24) is 0 Å². The van der Waals surface area contributed by atoms with Crippen LogP contribution in [0.2, 0.25) is 0 Å². The lowest BCUT2D eigenvalue weighted by atomic mass is 9.99. The molecule has 1 heterocycles. The first-order valence-electron chi connectivity index (χ1n) is 20.9. The molecule has 54 heavy (non-hydrogen) atoms. The maximum Gasteiger partial charge on any atom is 0.306 e. The van der Waals surface area contributed by atoms with Crippen molar-refractivity contribution in [3.63, 3.8) is 0 Å². The van der Waals surface area contributed by atoms with Crippen molar-refractivity contribution >= 4 is 11.9 Å². The molecule has 1 aliphatic rings. The van der Waals surface area contributed by atoms with Gasteiger partial charge in [-0.25, -0.2) is 0 Å². The van der Waals surface area contributed by atoms with Gasteiger partial charge in [-0.1, -0.05) is 145 Å². The van der Waals surface area contributed by atoms with Gasteiger partial charge in [0.05, 0.1) is 13.2 Å². The lowest BCUT2D eigenvalue weighted by Gasteiger charge is -2.39. The molecular weight excluding hydrogens is 688 g/mol. The van der Waals surface area contributed by atoms with Crippen LogP contribution < -0.4 is 0 Å². The second-order valence-electron chi connectivity index (χ2n) is 14.1. The monoisotopic (exact) mass is 763 g/mol. The highest BCUT2D eigenvalue weighted by molar-refractivity contribution is 5.70. The van der Waals surface area contributed by atoms with E-state index >= 15 is 0 Å². The van der Waals surface area contributed by atoms with Gasteiger partial charge in [0.25, 0.3) is 0 Å². The van der Waals surface area contributed by atoms with E-state index in [9.17, 15) is 30.0 Å². The fourth-order valence-electron chi connectivity index (χ4n) is 5.82. The summed E-state index contributed by atoms with van der Waals surface area (Å²) in [4.78, 5) is 25.2. The summed E-state index contributed by atoms with van der Waals surface area (Å²) in [5.74, 6) is -0.909. The second-order valence-corrected chi connectivity index (χ2v) is 14.1. The zero-order valence-electron chi connectivity index (χ0n) is 33.4. The molecule has 1 aliphatic heterocycles. The van der Waals surface area contributed by atoms with Gasteiger partial charge in [0.1, 0.15) is 31.0 Å². The molecule has 0 amide bonds. The Bertz CT molecular complexity index is 1070. The minimum atomic E-state index is -1.61. The Balaban J connectivity index is 2.43. The molecule has 1 rings (SSSR count). The van der Waals surface area contributed by atoms with Gasteiger partial charge in [-0.3, -0.25) is 9.59 Å². The normalized spacial score (nSPS) is 21.3. The van der Waals surface area contributed by atoms with Crippen LogP contribution in [0.1, 0.15) is 149 Å². The molecule has 0 aliphatic carbocycles. The zero-order chi connectivity index (χ0) is 39.5. The first-order chi connectivity index (χ1) is 26.3. The summed E-state index contributed by atoms with van der Waals surface area (Å²) < 4.78 is 22.0. The molecule has 310 valence electrons. The fraction of sp³-hybridized carbons (Fsp3) is 0.727. The third kappa shape index (κ3) is 26.2. The molecule has 6 atom stereocenters. The zero-order valence-corrected chi connectivity index (χ0v) is 33.4. The number of aliphatic hydroxyl groups is 4. The van der Waals surface area contributed by atoms with Crippen LogP contribution in [0.3, 0.4) is 0 Å². The summed E-state index contributed by atoms with van der Waals surface area (Å²) in [5.41, 5.74) is 0. The summed E-state index contributed by atoms with van der Waals surface area (Å²) in [6.45, 7) is 3.28. The van der Waals surface area contributed by atoms with Crippen molar-refractivity contribution in [3.8, 4) is 0 Å². The lowest BCUT2D eigenvalue weighted by molar-refractivity contribution is -0.305. The number of carbonyl (C=O) groups excluding carboxylic acids is 2. The number of esters is 2. The molecule has 10 heteroatoms. The first-order valence-corrected chi connectivity index (χ1v) is 20.9. The van der Waals surface area contributed by atoms with Gasteiger partial charge in [-0.15, -0.1) is 0 Å². The Morgan fingerprint density at radius 3 is 1.63 bits per heavy atom. The molecule has 0 saturated carbocycles. The van der Waals surface area contributed by atoms with Crippen molar-refractivity contribution in [2.24, 2.45) is 0 Å². The van der Waals surface area contributed by atoms with Crippen LogP contribution in [0.4, 0.5) is 0 Å². The van der Waals surface area contributed by atoms with Crippen molar-refractivity contribution in [3.05, 3.63) is 60.8 Å². The summed E-state index contributed by atoms with van der Waals surface area (Å²) in [6, 6.07) is 0. The standard InChI is InChI=1S/C44H74O10/c1-3-5-7-9-11-13-15-16-17-18-19-20-21-22-23-25-27-29-31-33-40(47)53-37(36-52-44-43(50)42(49)41(48)38(34-45)54-44)35-51-39(46)32-30-28-26-24-14-12-10-8-6-4-2/h11,13,16-17,19-20,22-23,27,29,37-38,41-45,48-50H,3-10,12,14-15,18,21,24-26,28,30-36H2,1-2H3/b13-11+,17-16+,20-19+,23-22+,29-27+/t37-,38-,41+,42?,43?,44-/m1/s1. The van der Waals surface area contributed by atoms with Crippen molar-refractivity contribution in [2.45, 2.75) is 185 Å². The Labute approximate surface area is 326 Å². The van der Waals surface area contributed by atoms with Crippen LogP contribution in [-0.2, 0) is 28.5 Å². The van der Waals surface area contributed by atoms with E-state index in [2.05, 4.69) is 62.5 Å². The van der Waals surface area contributed by atoms with E-state index in [-0.39, 0.29) is 26.1 Å². The molecule has 0 aromatic carbocycles. The molecule has 0 spiro atoms. The minimum Gasteiger partial charge on any atom is -0.462 e. The van der Waals surface area contributed by atoms with Gasteiger partial charge in [0.2, 0.25) is 0 Å². The molecule has 10 nitrogen and oxygen atoms in total. The molecule has 0 aromatic rings. The van der Waals surface area contributed by atoms with Gasteiger partial charge in [0, 0.05) is 12.8 Å². The molecule has 2 unspecified atom stereocenters. The third-order valence-corrected chi connectivity index (χ3v) is 9.17. The van der Waals surface area contributed by atoms with E-state index in [0.717, 1.165) is 44.9 Å². The van der Waals surface area contributed by atoms with Crippen LogP contribution in [0, 0.1) is 0 Å². The summed E-state index contributed by atoms with van der Waals surface area (Å²) in [6.07, 6.45) is 33.9. The topological polar surface area (TPSA) is 152 Å². The van der Waals surface area contributed by atoms with Crippen molar-refractivity contribution in [1.29, 1.82) is 0 Å². The summed E-state index contributed by atoms with van der Waals surface area (Å²) >= 11 is 0. The maximum absolute atomic E-state index is 12.7. The number of carbonyl (C=O) groups is 2. The molecule has 0 bridgehead atoms. The summed E-state index contributed by atoms with van der Waals surface area (Å²) in [7, 11) is 0.